The third kappa shape index (κ3) is 3.41. The van der Waals surface area contributed by atoms with E-state index >= 15 is 0 Å². The first-order valence-corrected chi connectivity index (χ1v) is 6.02. The molecule has 2 N–H and O–H groups in total. The van der Waals surface area contributed by atoms with Crippen molar-refractivity contribution in [2.24, 2.45) is 0 Å². The number of hydrogen-bond acceptors (Lipinski definition) is 4. The molecule has 0 saturated carbocycles. The van der Waals surface area contributed by atoms with Gasteiger partial charge in [0.05, 0.1) is 6.10 Å². The van der Waals surface area contributed by atoms with Gasteiger partial charge in [-0.1, -0.05) is 0 Å². The largest absolute Gasteiger partial charge is 0.479 e. The molecule has 0 aromatic heterocycles. The summed E-state index contributed by atoms with van der Waals surface area (Å²) in [5.41, 5.74) is 0. The van der Waals surface area contributed by atoms with Gasteiger partial charge >= 0.3 is 5.97 Å². The fraction of sp³-hybridized carbons (Fsp3) is 0.818. The first kappa shape index (κ1) is 12.3. The molecule has 2 aliphatic rings. The van der Waals surface area contributed by atoms with Gasteiger partial charge in [-0.25, -0.2) is 4.79 Å². The quantitative estimate of drug-likeness (QED) is 0.693. The Bertz CT molecular complexity index is 308. The number of nitrogens with zero attached hydrogens (tertiary/aromatic N) is 1. The normalized spacial score (nSPS) is 30.9. The van der Waals surface area contributed by atoms with Crippen molar-refractivity contribution in [2.45, 2.75) is 31.5 Å². The molecule has 2 fully saturated rings. The molecule has 17 heavy (non-hydrogen) atoms. The van der Waals surface area contributed by atoms with E-state index in [1.54, 1.807) is 0 Å². The number of ether oxygens (including phenoxy) is 1. The van der Waals surface area contributed by atoms with Crippen LogP contribution in [-0.2, 0) is 14.3 Å². The number of carboxylic acids is 1. The molecule has 0 aliphatic carbocycles. The first-order valence-electron chi connectivity index (χ1n) is 6.02. The van der Waals surface area contributed by atoms with E-state index in [0.717, 1.165) is 26.1 Å². The third-order valence-corrected chi connectivity index (χ3v) is 3.25. The average Bonchev–Trinajstić information content (AvgIpc) is 2.65. The summed E-state index contributed by atoms with van der Waals surface area (Å²) in [4.78, 5) is 24.1. The fourth-order valence-electron chi connectivity index (χ4n) is 2.31. The second kappa shape index (κ2) is 5.46. The lowest BCUT2D eigenvalue weighted by Gasteiger charge is -2.22. The van der Waals surface area contributed by atoms with Gasteiger partial charge in [0.2, 0.25) is 5.91 Å². The summed E-state index contributed by atoms with van der Waals surface area (Å²) in [7, 11) is 0. The lowest BCUT2D eigenvalue weighted by atomic mass is 10.2. The van der Waals surface area contributed by atoms with Crippen molar-refractivity contribution < 1.29 is 19.4 Å². The summed E-state index contributed by atoms with van der Waals surface area (Å²) in [5.74, 6) is -0.788. The summed E-state index contributed by atoms with van der Waals surface area (Å²) in [5, 5.41) is 11.6. The highest BCUT2D eigenvalue weighted by atomic mass is 16.5. The molecule has 6 heteroatoms. The Hall–Kier alpha value is -1.14. The topological polar surface area (TPSA) is 78.9 Å². The van der Waals surface area contributed by atoms with Crippen LogP contribution in [0.25, 0.3) is 0 Å². The maximum absolute atomic E-state index is 11.2. The van der Waals surface area contributed by atoms with Gasteiger partial charge in [-0.15, -0.1) is 0 Å². The maximum atomic E-state index is 11.2. The molecule has 2 unspecified atom stereocenters. The maximum Gasteiger partial charge on any atom is 0.332 e. The van der Waals surface area contributed by atoms with E-state index in [0.29, 0.717) is 19.4 Å². The molecular formula is C11H18N2O4. The average molecular weight is 242 g/mol. The van der Waals surface area contributed by atoms with Crippen LogP contribution >= 0.6 is 0 Å². The first-order chi connectivity index (χ1) is 8.15. The molecule has 0 aromatic rings. The van der Waals surface area contributed by atoms with Gasteiger partial charge in [0.1, 0.15) is 0 Å². The number of carbonyl (C=O) groups is 2. The van der Waals surface area contributed by atoms with E-state index in [2.05, 4.69) is 10.2 Å². The minimum Gasteiger partial charge on any atom is -0.479 e. The zero-order chi connectivity index (χ0) is 12.3. The number of amides is 1. The number of hydrogen-bond donors (Lipinski definition) is 2. The zero-order valence-electron chi connectivity index (χ0n) is 9.72. The number of nitrogens with one attached hydrogen (secondary N) is 1. The van der Waals surface area contributed by atoms with Crippen LogP contribution in [0.1, 0.15) is 19.3 Å². The monoisotopic (exact) mass is 242 g/mol. The Morgan fingerprint density at radius 1 is 1.47 bits per heavy atom. The fourth-order valence-corrected chi connectivity index (χ4v) is 2.31. The summed E-state index contributed by atoms with van der Waals surface area (Å²) >= 11 is 0. The predicted molar refractivity (Wildman–Crippen MR) is 59.6 cm³/mol. The lowest BCUT2D eigenvalue weighted by Crippen LogP contribution is -2.35. The Labute approximate surface area is 99.9 Å². The van der Waals surface area contributed by atoms with Gasteiger partial charge < -0.3 is 15.2 Å². The molecule has 2 aliphatic heterocycles. The Morgan fingerprint density at radius 2 is 2.29 bits per heavy atom. The van der Waals surface area contributed by atoms with Crippen molar-refractivity contribution in [3.63, 3.8) is 0 Å². The zero-order valence-corrected chi connectivity index (χ0v) is 9.72. The van der Waals surface area contributed by atoms with Crippen molar-refractivity contribution in [3.8, 4) is 0 Å². The molecule has 2 saturated heterocycles. The van der Waals surface area contributed by atoms with Gasteiger partial charge in [0.25, 0.3) is 0 Å². The standard InChI is InChI=1S/C11H18N2O4/c14-10-3-5-13(6-4-12-10)7-8-1-2-9(17-8)11(15)16/h8-9H,1-7H2,(H,12,14)(H,15,16). The van der Waals surface area contributed by atoms with Crippen LogP contribution in [0.2, 0.25) is 0 Å². The molecule has 0 bridgehead atoms. The molecule has 2 rings (SSSR count). The van der Waals surface area contributed by atoms with Crippen molar-refractivity contribution in [3.05, 3.63) is 0 Å². The highest BCUT2D eigenvalue weighted by Gasteiger charge is 2.31. The number of rotatable bonds is 3. The van der Waals surface area contributed by atoms with Crippen molar-refractivity contribution in [1.29, 1.82) is 0 Å². The highest BCUT2D eigenvalue weighted by molar-refractivity contribution is 5.76. The van der Waals surface area contributed by atoms with Gasteiger partial charge in [-0.05, 0) is 12.8 Å². The van der Waals surface area contributed by atoms with Gasteiger partial charge in [-0.2, -0.15) is 0 Å². The number of aliphatic carboxylic acids is 1. The molecule has 2 heterocycles. The second-order valence-electron chi connectivity index (χ2n) is 4.56. The van der Waals surface area contributed by atoms with Crippen LogP contribution in [0.3, 0.4) is 0 Å². The second-order valence-corrected chi connectivity index (χ2v) is 4.56. The van der Waals surface area contributed by atoms with Gasteiger partial charge in [0.15, 0.2) is 6.10 Å². The van der Waals surface area contributed by atoms with Crippen LogP contribution < -0.4 is 5.32 Å². The van der Waals surface area contributed by atoms with Crippen LogP contribution in [-0.4, -0.2) is 60.3 Å². The predicted octanol–water partition coefficient (Wildman–Crippen LogP) is -0.559. The molecule has 0 radical (unpaired) electrons. The van der Waals surface area contributed by atoms with Crippen molar-refractivity contribution in [2.75, 3.05) is 26.2 Å². The third-order valence-electron chi connectivity index (χ3n) is 3.25. The summed E-state index contributed by atoms with van der Waals surface area (Å²) in [6.07, 6.45) is 1.23. The van der Waals surface area contributed by atoms with Crippen molar-refractivity contribution >= 4 is 11.9 Å². The van der Waals surface area contributed by atoms with Gasteiger partial charge in [-0.3, -0.25) is 9.69 Å². The number of carboxylic acid groups (broad SMARTS) is 1. The summed E-state index contributed by atoms with van der Waals surface area (Å²) in [6.45, 7) is 2.92. The molecule has 0 aromatic carbocycles. The summed E-state index contributed by atoms with van der Waals surface area (Å²) in [6, 6.07) is 0. The molecule has 1 amide bonds. The van der Waals surface area contributed by atoms with E-state index in [9.17, 15) is 9.59 Å². The van der Waals surface area contributed by atoms with E-state index < -0.39 is 12.1 Å². The molecular weight excluding hydrogens is 224 g/mol. The van der Waals surface area contributed by atoms with Crippen molar-refractivity contribution in [1.82, 2.24) is 10.2 Å². The smallest absolute Gasteiger partial charge is 0.332 e. The van der Waals surface area contributed by atoms with E-state index in [-0.39, 0.29) is 12.0 Å². The minimum atomic E-state index is -0.875. The highest BCUT2D eigenvalue weighted by Crippen LogP contribution is 2.20. The summed E-state index contributed by atoms with van der Waals surface area (Å²) < 4.78 is 5.45. The lowest BCUT2D eigenvalue weighted by molar-refractivity contribution is -0.149. The molecule has 6 nitrogen and oxygen atoms in total. The minimum absolute atomic E-state index is 0.00991. The molecule has 0 spiro atoms. The Kier molecular flexibility index (Phi) is 3.96. The number of carbonyl (C=O) groups excluding carboxylic acids is 1. The van der Waals surface area contributed by atoms with E-state index in [4.69, 9.17) is 9.84 Å². The molecule has 96 valence electrons. The molecule has 2 atom stereocenters. The van der Waals surface area contributed by atoms with Crippen LogP contribution in [0.5, 0.6) is 0 Å². The van der Waals surface area contributed by atoms with Crippen LogP contribution in [0, 0.1) is 0 Å². The Balaban J connectivity index is 1.77. The van der Waals surface area contributed by atoms with Crippen LogP contribution in [0.4, 0.5) is 0 Å². The van der Waals surface area contributed by atoms with Crippen LogP contribution in [0.15, 0.2) is 0 Å². The van der Waals surface area contributed by atoms with E-state index in [1.165, 1.54) is 0 Å². The van der Waals surface area contributed by atoms with Gasteiger partial charge in [0, 0.05) is 32.6 Å². The Morgan fingerprint density at radius 3 is 3.00 bits per heavy atom. The van der Waals surface area contributed by atoms with E-state index in [1.807, 2.05) is 0 Å². The SMILES string of the molecule is O=C1CCN(CC2CCC(C(=O)O)O2)CCN1.